The number of nitrogens with zero attached hydrogens (tertiary/aromatic N) is 2. The van der Waals surface area contributed by atoms with Gasteiger partial charge in [-0.2, -0.15) is 0 Å². The summed E-state index contributed by atoms with van der Waals surface area (Å²) in [6.07, 6.45) is 5.65. The summed E-state index contributed by atoms with van der Waals surface area (Å²) in [4.78, 5) is 4.45. The summed E-state index contributed by atoms with van der Waals surface area (Å²) in [6.45, 7) is 4.29. The Morgan fingerprint density at radius 1 is 1.15 bits per heavy atom. The largest absolute Gasteiger partial charge is 0.486 e. The van der Waals surface area contributed by atoms with Crippen molar-refractivity contribution in [3.8, 4) is 11.4 Å². The number of imidazole rings is 1. The molecule has 1 aliphatic rings. The van der Waals surface area contributed by atoms with Crippen LogP contribution >= 0.6 is 23.2 Å². The Bertz CT molecular complexity index is 932. The van der Waals surface area contributed by atoms with Gasteiger partial charge in [-0.05, 0) is 60.4 Å². The van der Waals surface area contributed by atoms with Crippen LogP contribution in [0.4, 0.5) is 0 Å². The Morgan fingerprint density at radius 3 is 2.65 bits per heavy atom. The molecule has 3 nitrogen and oxygen atoms in total. The summed E-state index contributed by atoms with van der Waals surface area (Å²) in [5.74, 6) is 2.26. The Balaban J connectivity index is 1.56. The van der Waals surface area contributed by atoms with Crippen molar-refractivity contribution in [1.82, 2.24) is 9.55 Å². The molecule has 1 heterocycles. The van der Waals surface area contributed by atoms with Gasteiger partial charge in [0, 0.05) is 34.0 Å². The third-order valence-corrected chi connectivity index (χ3v) is 5.33. The van der Waals surface area contributed by atoms with Crippen LogP contribution in [0.2, 0.25) is 10.0 Å². The van der Waals surface area contributed by atoms with E-state index in [1.54, 1.807) is 6.07 Å². The van der Waals surface area contributed by atoms with Crippen molar-refractivity contribution in [3.05, 3.63) is 75.8 Å². The predicted molar refractivity (Wildman–Crippen MR) is 106 cm³/mol. The Labute approximate surface area is 163 Å². The van der Waals surface area contributed by atoms with Crippen LogP contribution in [0.5, 0.6) is 5.75 Å². The first-order valence-corrected chi connectivity index (χ1v) is 9.56. The first-order chi connectivity index (χ1) is 12.5. The highest BCUT2D eigenvalue weighted by Gasteiger charge is 2.26. The van der Waals surface area contributed by atoms with Crippen molar-refractivity contribution >= 4 is 23.2 Å². The molecule has 1 aliphatic carbocycles. The third kappa shape index (κ3) is 3.22. The molecule has 0 N–H and O–H groups in total. The normalized spacial score (nSPS) is 16.1. The molecule has 0 fully saturated rings. The van der Waals surface area contributed by atoms with E-state index in [1.165, 1.54) is 0 Å². The molecule has 1 aromatic heterocycles. The summed E-state index contributed by atoms with van der Waals surface area (Å²) in [5.41, 5.74) is 3.33. The monoisotopic (exact) mass is 386 g/mol. The van der Waals surface area contributed by atoms with Gasteiger partial charge in [0.15, 0.2) is 0 Å². The predicted octanol–water partition coefficient (Wildman–Crippen LogP) is 6.37. The van der Waals surface area contributed by atoms with Gasteiger partial charge >= 0.3 is 0 Å². The number of halogens is 2. The van der Waals surface area contributed by atoms with E-state index in [2.05, 4.69) is 35.5 Å². The lowest BCUT2D eigenvalue weighted by molar-refractivity contribution is 0.207. The van der Waals surface area contributed by atoms with Gasteiger partial charge in [0.25, 0.3) is 0 Å². The van der Waals surface area contributed by atoms with Crippen molar-refractivity contribution in [3.63, 3.8) is 0 Å². The van der Waals surface area contributed by atoms with Gasteiger partial charge < -0.3 is 9.30 Å². The van der Waals surface area contributed by atoms with Crippen LogP contribution in [0, 0.1) is 0 Å². The van der Waals surface area contributed by atoms with Crippen LogP contribution < -0.4 is 4.74 Å². The molecule has 134 valence electrons. The molecule has 0 spiro atoms. The zero-order valence-corrected chi connectivity index (χ0v) is 16.3. The van der Waals surface area contributed by atoms with E-state index in [1.807, 2.05) is 30.6 Å². The fourth-order valence-corrected chi connectivity index (χ4v) is 4.14. The molecule has 0 radical (unpaired) electrons. The Morgan fingerprint density at radius 2 is 1.92 bits per heavy atom. The molecule has 0 amide bonds. The highest BCUT2D eigenvalue weighted by Crippen LogP contribution is 2.40. The molecule has 1 unspecified atom stereocenters. The van der Waals surface area contributed by atoms with E-state index >= 15 is 0 Å². The fourth-order valence-electron chi connectivity index (χ4n) is 3.54. The average molecular weight is 387 g/mol. The van der Waals surface area contributed by atoms with Crippen molar-refractivity contribution in [1.29, 1.82) is 0 Å². The number of rotatable bonds is 4. The number of ether oxygens (including phenoxy) is 1. The first kappa shape index (κ1) is 17.4. The van der Waals surface area contributed by atoms with E-state index in [0.717, 1.165) is 46.3 Å². The van der Waals surface area contributed by atoms with Gasteiger partial charge in [-0.25, -0.2) is 4.98 Å². The minimum atomic E-state index is -0.00785. The number of hydrogen-bond acceptors (Lipinski definition) is 2. The second-order valence-electron chi connectivity index (χ2n) is 6.90. The van der Waals surface area contributed by atoms with E-state index in [0.29, 0.717) is 10.9 Å². The molecular weight excluding hydrogens is 367 g/mol. The van der Waals surface area contributed by atoms with Crippen LogP contribution in [0.15, 0.2) is 48.8 Å². The summed E-state index contributed by atoms with van der Waals surface area (Å²) in [5, 5.41) is 1.39. The molecule has 0 aliphatic heterocycles. The van der Waals surface area contributed by atoms with Crippen LogP contribution in [-0.2, 0) is 6.42 Å². The number of aromatic nitrogens is 2. The molecule has 26 heavy (non-hydrogen) atoms. The van der Waals surface area contributed by atoms with Crippen molar-refractivity contribution in [2.75, 3.05) is 0 Å². The van der Waals surface area contributed by atoms with Crippen molar-refractivity contribution < 1.29 is 4.74 Å². The first-order valence-electron chi connectivity index (χ1n) is 8.81. The van der Waals surface area contributed by atoms with Crippen LogP contribution in [0.3, 0.4) is 0 Å². The number of hydrogen-bond donors (Lipinski definition) is 0. The average Bonchev–Trinajstić information content (AvgIpc) is 3.23. The van der Waals surface area contributed by atoms with E-state index in [-0.39, 0.29) is 6.10 Å². The van der Waals surface area contributed by atoms with Crippen LogP contribution in [-0.4, -0.2) is 9.55 Å². The lowest BCUT2D eigenvalue weighted by Crippen LogP contribution is -2.05. The SMILES string of the molecule is CC(C)c1nccn1-c1ccc(OC2CCc3c(Cl)cc(Cl)cc32)cc1. The van der Waals surface area contributed by atoms with Gasteiger partial charge in [-0.15, -0.1) is 0 Å². The Kier molecular flexibility index (Phi) is 4.68. The highest BCUT2D eigenvalue weighted by atomic mass is 35.5. The second-order valence-corrected chi connectivity index (χ2v) is 7.75. The molecule has 5 heteroatoms. The molecule has 1 atom stereocenters. The minimum Gasteiger partial charge on any atom is -0.486 e. The zero-order chi connectivity index (χ0) is 18.3. The molecule has 0 saturated carbocycles. The molecule has 4 rings (SSSR count). The lowest BCUT2D eigenvalue weighted by atomic mass is 10.1. The maximum absolute atomic E-state index is 6.31. The topological polar surface area (TPSA) is 27.1 Å². The zero-order valence-electron chi connectivity index (χ0n) is 14.7. The van der Waals surface area contributed by atoms with Gasteiger partial charge in [-0.1, -0.05) is 37.0 Å². The van der Waals surface area contributed by atoms with E-state index in [4.69, 9.17) is 27.9 Å². The maximum Gasteiger partial charge on any atom is 0.124 e. The summed E-state index contributed by atoms with van der Waals surface area (Å²) in [7, 11) is 0. The lowest BCUT2D eigenvalue weighted by Gasteiger charge is -2.16. The molecule has 3 aromatic rings. The van der Waals surface area contributed by atoms with Crippen LogP contribution in [0.25, 0.3) is 5.69 Å². The van der Waals surface area contributed by atoms with Crippen molar-refractivity contribution in [2.45, 2.75) is 38.7 Å². The molecule has 0 saturated heterocycles. The highest BCUT2D eigenvalue weighted by molar-refractivity contribution is 6.35. The smallest absolute Gasteiger partial charge is 0.124 e. The summed E-state index contributed by atoms with van der Waals surface area (Å²) >= 11 is 12.5. The quantitative estimate of drug-likeness (QED) is 0.520. The van der Waals surface area contributed by atoms with E-state index < -0.39 is 0 Å². The number of benzene rings is 2. The molecule has 0 bridgehead atoms. The third-order valence-electron chi connectivity index (χ3n) is 4.78. The fraction of sp³-hybridized carbons (Fsp3) is 0.286. The van der Waals surface area contributed by atoms with Gasteiger partial charge in [-0.3, -0.25) is 0 Å². The standard InChI is InChI=1S/C21H20Cl2N2O/c1-13(2)21-24-9-10-25(21)15-3-5-16(6-4-15)26-20-8-7-17-18(20)11-14(22)12-19(17)23/h3-6,9-13,20H,7-8H2,1-2H3. The van der Waals surface area contributed by atoms with Crippen molar-refractivity contribution in [2.24, 2.45) is 0 Å². The second kappa shape index (κ2) is 6.98. The van der Waals surface area contributed by atoms with E-state index in [9.17, 15) is 0 Å². The maximum atomic E-state index is 6.31. The summed E-state index contributed by atoms with van der Waals surface area (Å²) in [6, 6.07) is 11.9. The summed E-state index contributed by atoms with van der Waals surface area (Å²) < 4.78 is 8.33. The minimum absolute atomic E-state index is 0.00785. The van der Waals surface area contributed by atoms with Gasteiger partial charge in [0.05, 0.1) is 0 Å². The number of fused-ring (bicyclic) bond motifs is 1. The van der Waals surface area contributed by atoms with Gasteiger partial charge in [0.2, 0.25) is 0 Å². The molecule has 2 aromatic carbocycles. The van der Waals surface area contributed by atoms with Gasteiger partial charge in [0.1, 0.15) is 17.7 Å². The Hall–Kier alpha value is -1.97. The molecular formula is C21H20Cl2N2O. The van der Waals surface area contributed by atoms with Crippen LogP contribution in [0.1, 0.15) is 49.2 Å².